The van der Waals surface area contributed by atoms with Gasteiger partial charge in [-0.1, -0.05) is 55.5 Å². The first kappa shape index (κ1) is 13.8. The van der Waals surface area contributed by atoms with Crippen LogP contribution < -0.4 is 5.32 Å². The number of amides is 1. The summed E-state index contributed by atoms with van der Waals surface area (Å²) in [5.41, 5.74) is 1.90. The van der Waals surface area contributed by atoms with Crippen molar-refractivity contribution in [1.82, 2.24) is 5.32 Å². The largest absolute Gasteiger partial charge is 0.352 e. The Morgan fingerprint density at radius 3 is 2.52 bits per heavy atom. The van der Waals surface area contributed by atoms with Crippen molar-refractivity contribution in [3.63, 3.8) is 0 Å². The van der Waals surface area contributed by atoms with Crippen LogP contribution in [0.15, 0.2) is 54.6 Å². The van der Waals surface area contributed by atoms with E-state index in [-0.39, 0.29) is 5.91 Å². The fourth-order valence-electron chi connectivity index (χ4n) is 2.39. The van der Waals surface area contributed by atoms with E-state index < -0.39 is 0 Å². The van der Waals surface area contributed by atoms with E-state index in [1.54, 1.807) is 11.3 Å². The van der Waals surface area contributed by atoms with Gasteiger partial charge in [0.2, 0.25) is 0 Å². The molecular formula is C18H17NOS. The summed E-state index contributed by atoms with van der Waals surface area (Å²) in [5, 5.41) is 4.04. The Kier molecular flexibility index (Phi) is 4.02. The monoisotopic (exact) mass is 295 g/mol. The predicted molar refractivity (Wildman–Crippen MR) is 89.9 cm³/mol. The standard InChI is InChI=1S/C18H17NOS/c1-2-12-19-18(20)16-14-10-6-7-11-15(14)21-17(16)13-8-4-3-5-9-13/h3-11H,2,12H2,1H3,(H,19,20). The van der Waals surface area contributed by atoms with Crippen molar-refractivity contribution in [1.29, 1.82) is 0 Å². The molecule has 1 amide bonds. The summed E-state index contributed by atoms with van der Waals surface area (Å²) < 4.78 is 1.15. The van der Waals surface area contributed by atoms with Crippen LogP contribution in [0.5, 0.6) is 0 Å². The van der Waals surface area contributed by atoms with E-state index in [0.29, 0.717) is 6.54 Å². The number of rotatable bonds is 4. The van der Waals surface area contributed by atoms with Crippen LogP contribution in [-0.2, 0) is 0 Å². The molecule has 1 aromatic heterocycles. The normalized spacial score (nSPS) is 10.7. The zero-order chi connectivity index (χ0) is 14.7. The van der Waals surface area contributed by atoms with Crippen LogP contribution in [0.25, 0.3) is 20.5 Å². The maximum Gasteiger partial charge on any atom is 0.253 e. The van der Waals surface area contributed by atoms with E-state index in [4.69, 9.17) is 0 Å². The van der Waals surface area contributed by atoms with Gasteiger partial charge in [-0.2, -0.15) is 0 Å². The fourth-order valence-corrected chi connectivity index (χ4v) is 3.60. The van der Waals surface area contributed by atoms with Crippen molar-refractivity contribution >= 4 is 27.3 Å². The zero-order valence-electron chi connectivity index (χ0n) is 11.9. The Labute approximate surface area is 128 Å². The van der Waals surface area contributed by atoms with Gasteiger partial charge in [-0.15, -0.1) is 11.3 Å². The minimum Gasteiger partial charge on any atom is -0.352 e. The van der Waals surface area contributed by atoms with E-state index in [1.165, 1.54) is 0 Å². The molecule has 0 bridgehead atoms. The van der Waals surface area contributed by atoms with Crippen molar-refractivity contribution in [3.05, 3.63) is 60.2 Å². The van der Waals surface area contributed by atoms with Crippen LogP contribution in [0.1, 0.15) is 23.7 Å². The molecule has 0 fully saturated rings. The summed E-state index contributed by atoms with van der Waals surface area (Å²) >= 11 is 1.68. The van der Waals surface area contributed by atoms with Gasteiger partial charge in [0, 0.05) is 21.5 Å². The molecule has 21 heavy (non-hydrogen) atoms. The van der Waals surface area contributed by atoms with Crippen molar-refractivity contribution in [2.75, 3.05) is 6.54 Å². The van der Waals surface area contributed by atoms with Crippen LogP contribution in [0.3, 0.4) is 0 Å². The van der Waals surface area contributed by atoms with Gasteiger partial charge >= 0.3 is 0 Å². The number of carbonyl (C=O) groups excluding carboxylic acids is 1. The lowest BCUT2D eigenvalue weighted by Gasteiger charge is -2.06. The molecule has 0 saturated heterocycles. The van der Waals surface area contributed by atoms with Gasteiger partial charge in [0.1, 0.15) is 0 Å². The SMILES string of the molecule is CCCNC(=O)c1c(-c2ccccc2)sc2ccccc12. The highest BCUT2D eigenvalue weighted by molar-refractivity contribution is 7.22. The molecule has 3 aromatic rings. The molecule has 1 heterocycles. The molecular weight excluding hydrogens is 278 g/mol. The summed E-state index contributed by atoms with van der Waals surface area (Å²) in [7, 11) is 0. The maximum absolute atomic E-state index is 12.6. The number of thiophene rings is 1. The molecule has 0 unspecified atom stereocenters. The predicted octanol–water partition coefficient (Wildman–Crippen LogP) is 4.71. The Morgan fingerprint density at radius 2 is 1.76 bits per heavy atom. The molecule has 106 valence electrons. The molecule has 2 nitrogen and oxygen atoms in total. The summed E-state index contributed by atoms with van der Waals surface area (Å²) in [6.07, 6.45) is 0.939. The second-order valence-corrected chi connectivity index (χ2v) is 5.98. The molecule has 3 rings (SSSR count). The van der Waals surface area contributed by atoms with E-state index in [9.17, 15) is 4.79 Å². The smallest absolute Gasteiger partial charge is 0.253 e. The number of fused-ring (bicyclic) bond motifs is 1. The fraction of sp³-hybridized carbons (Fsp3) is 0.167. The van der Waals surface area contributed by atoms with Gasteiger partial charge in [0.05, 0.1) is 5.56 Å². The lowest BCUT2D eigenvalue weighted by atomic mass is 10.1. The van der Waals surface area contributed by atoms with Gasteiger partial charge in [0.25, 0.3) is 5.91 Å². The first-order chi connectivity index (χ1) is 10.3. The van der Waals surface area contributed by atoms with E-state index in [1.807, 2.05) is 36.4 Å². The molecule has 0 saturated carbocycles. The topological polar surface area (TPSA) is 29.1 Å². The van der Waals surface area contributed by atoms with Gasteiger partial charge < -0.3 is 5.32 Å². The quantitative estimate of drug-likeness (QED) is 0.742. The summed E-state index contributed by atoms with van der Waals surface area (Å²) in [5.74, 6) is 0.0214. The summed E-state index contributed by atoms with van der Waals surface area (Å²) in [6.45, 7) is 2.77. The van der Waals surface area contributed by atoms with Crippen LogP contribution in [0.4, 0.5) is 0 Å². The lowest BCUT2D eigenvalue weighted by Crippen LogP contribution is -2.24. The Balaban J connectivity index is 2.17. The van der Waals surface area contributed by atoms with Gasteiger partial charge in [-0.3, -0.25) is 4.79 Å². The highest BCUT2D eigenvalue weighted by Crippen LogP contribution is 2.38. The minimum atomic E-state index is 0.0214. The lowest BCUT2D eigenvalue weighted by molar-refractivity contribution is 0.0956. The maximum atomic E-state index is 12.6. The molecule has 3 heteroatoms. The Bertz CT molecular complexity index is 761. The molecule has 0 aliphatic rings. The first-order valence-corrected chi connectivity index (χ1v) is 7.98. The third-order valence-electron chi connectivity index (χ3n) is 3.39. The molecule has 0 aliphatic carbocycles. The number of carbonyl (C=O) groups is 1. The van der Waals surface area contributed by atoms with Gasteiger partial charge in [-0.25, -0.2) is 0 Å². The highest BCUT2D eigenvalue weighted by Gasteiger charge is 2.19. The minimum absolute atomic E-state index is 0.0214. The van der Waals surface area contributed by atoms with Crippen molar-refractivity contribution < 1.29 is 4.79 Å². The molecule has 1 N–H and O–H groups in total. The van der Waals surface area contributed by atoms with Crippen LogP contribution in [0.2, 0.25) is 0 Å². The third kappa shape index (κ3) is 2.69. The Hall–Kier alpha value is -2.13. The second kappa shape index (κ2) is 6.10. The first-order valence-electron chi connectivity index (χ1n) is 7.16. The average Bonchev–Trinajstić information content (AvgIpc) is 2.93. The van der Waals surface area contributed by atoms with Crippen LogP contribution in [-0.4, -0.2) is 12.5 Å². The number of hydrogen-bond donors (Lipinski definition) is 1. The van der Waals surface area contributed by atoms with E-state index in [0.717, 1.165) is 32.5 Å². The van der Waals surface area contributed by atoms with Crippen molar-refractivity contribution in [3.8, 4) is 10.4 Å². The van der Waals surface area contributed by atoms with E-state index in [2.05, 4.69) is 30.4 Å². The van der Waals surface area contributed by atoms with Crippen LogP contribution in [0, 0.1) is 0 Å². The van der Waals surface area contributed by atoms with Gasteiger partial charge in [0.15, 0.2) is 0 Å². The van der Waals surface area contributed by atoms with Crippen LogP contribution >= 0.6 is 11.3 Å². The number of benzene rings is 2. The van der Waals surface area contributed by atoms with Crippen molar-refractivity contribution in [2.45, 2.75) is 13.3 Å². The highest BCUT2D eigenvalue weighted by atomic mass is 32.1. The van der Waals surface area contributed by atoms with E-state index >= 15 is 0 Å². The second-order valence-electron chi connectivity index (χ2n) is 4.92. The summed E-state index contributed by atoms with van der Waals surface area (Å²) in [6, 6.07) is 18.2. The molecule has 2 aromatic carbocycles. The van der Waals surface area contributed by atoms with Gasteiger partial charge in [-0.05, 0) is 18.1 Å². The molecule has 0 atom stereocenters. The summed E-state index contributed by atoms with van der Waals surface area (Å²) in [4.78, 5) is 13.6. The average molecular weight is 295 g/mol. The third-order valence-corrected chi connectivity index (χ3v) is 4.61. The Morgan fingerprint density at radius 1 is 1.05 bits per heavy atom. The number of nitrogens with one attached hydrogen (secondary N) is 1. The molecule has 0 spiro atoms. The molecule has 0 radical (unpaired) electrons. The zero-order valence-corrected chi connectivity index (χ0v) is 12.7. The molecule has 0 aliphatic heterocycles. The van der Waals surface area contributed by atoms with Crippen molar-refractivity contribution in [2.24, 2.45) is 0 Å². The number of hydrogen-bond acceptors (Lipinski definition) is 2.